The fourth-order valence-electron chi connectivity index (χ4n) is 7.24. The highest BCUT2D eigenvalue weighted by Gasteiger charge is 2.21. The predicted octanol–water partition coefficient (Wildman–Crippen LogP) is 14.6. The summed E-state index contributed by atoms with van der Waals surface area (Å²) in [6.45, 7) is 5.74. The number of allylic oxidation sites excluding steroid dienone is 5. The molecule has 0 aliphatic rings. The van der Waals surface area contributed by atoms with E-state index < -0.39 is 32.5 Å². The molecule has 1 unspecified atom stereocenters. The van der Waals surface area contributed by atoms with Gasteiger partial charge in [-0.2, -0.15) is 0 Å². The smallest absolute Gasteiger partial charge is 0.306 e. The number of carbonyl (C=O) groups is 2. The van der Waals surface area contributed by atoms with Gasteiger partial charge in [-0.15, -0.1) is 6.58 Å². The standard InChI is InChI=1S/C52H98NO8P/c1-6-8-10-12-14-16-18-20-22-23-24-25-26-27-28-29-31-33-35-37-39-41-43-45-52(55)61-50(49-60-62(56,57)59-47-46-53(3,4)5)48-58-51(54)44-42-40-38-36-34-32-30-21-19-17-15-13-11-9-7-2/h7,29,31,37,39,50H,2,6,8-28,30,32-36,38,40-49H2,1,3-5H3/b31-29+,39-37+/t50-/m1/s1. The molecule has 0 rings (SSSR count). The van der Waals surface area contributed by atoms with Crippen LogP contribution in [0.4, 0.5) is 0 Å². The fraction of sp³-hybridized carbons (Fsp3) is 0.846. The summed E-state index contributed by atoms with van der Waals surface area (Å²) in [5.74, 6) is -0.879. The topological polar surface area (TPSA) is 111 Å². The number of esters is 2. The lowest BCUT2D eigenvalue weighted by molar-refractivity contribution is -0.870. The Bertz CT molecular complexity index is 1140. The van der Waals surface area contributed by atoms with Crippen LogP contribution in [0.5, 0.6) is 0 Å². The first-order chi connectivity index (χ1) is 30.0. The normalized spacial score (nSPS) is 13.5. The van der Waals surface area contributed by atoms with Gasteiger partial charge >= 0.3 is 11.9 Å². The van der Waals surface area contributed by atoms with E-state index in [4.69, 9.17) is 18.5 Å². The van der Waals surface area contributed by atoms with Crippen LogP contribution in [0.3, 0.4) is 0 Å². The Labute approximate surface area is 382 Å². The van der Waals surface area contributed by atoms with E-state index in [2.05, 4.69) is 37.8 Å². The Morgan fingerprint density at radius 1 is 0.532 bits per heavy atom. The maximum absolute atomic E-state index is 12.7. The fourth-order valence-corrected chi connectivity index (χ4v) is 7.97. The zero-order chi connectivity index (χ0) is 45.7. The van der Waals surface area contributed by atoms with E-state index in [1.54, 1.807) is 0 Å². The zero-order valence-corrected chi connectivity index (χ0v) is 41.8. The molecule has 0 heterocycles. The Hall–Kier alpha value is -1.77. The summed E-state index contributed by atoms with van der Waals surface area (Å²) in [5.41, 5.74) is 0. The maximum atomic E-state index is 12.7. The highest BCUT2D eigenvalue weighted by atomic mass is 31.2. The second kappa shape index (κ2) is 44.4. The molecular weight excluding hydrogens is 798 g/mol. The Kier molecular flexibility index (Phi) is 43.2. The first-order valence-electron chi connectivity index (χ1n) is 25.7. The lowest BCUT2D eigenvalue weighted by Gasteiger charge is -2.28. The van der Waals surface area contributed by atoms with E-state index in [0.29, 0.717) is 17.4 Å². The number of carbonyl (C=O) groups excluding carboxylic acids is 2. The SMILES string of the molecule is C=CCCCCCCCCCCCCCCCC(=O)OC[C@H](COP(=O)([O-])OCC[N+](C)(C)C)OC(=O)CCC/C=C/CC/C=C/CCCCCCCCCCCCCCCC. The van der Waals surface area contributed by atoms with Gasteiger partial charge in [0, 0.05) is 12.8 Å². The summed E-state index contributed by atoms with van der Waals surface area (Å²) in [6.07, 6.45) is 50.8. The third-order valence-corrected chi connectivity index (χ3v) is 12.2. The predicted molar refractivity (Wildman–Crippen MR) is 259 cm³/mol. The molecule has 2 atom stereocenters. The molecule has 0 radical (unpaired) electrons. The van der Waals surface area contributed by atoms with Gasteiger partial charge in [-0.3, -0.25) is 14.2 Å². The first-order valence-corrected chi connectivity index (χ1v) is 27.1. The van der Waals surface area contributed by atoms with Crippen LogP contribution in [-0.4, -0.2) is 70.0 Å². The second-order valence-electron chi connectivity index (χ2n) is 18.6. The molecule has 0 fully saturated rings. The van der Waals surface area contributed by atoms with Crippen LogP contribution in [0.25, 0.3) is 0 Å². The minimum atomic E-state index is -4.64. The minimum absolute atomic E-state index is 0.0377. The number of likely N-dealkylation sites (N-methyl/N-ethyl adjacent to an activating group) is 1. The van der Waals surface area contributed by atoms with Crippen molar-refractivity contribution in [2.75, 3.05) is 47.5 Å². The van der Waals surface area contributed by atoms with Crippen molar-refractivity contribution in [2.24, 2.45) is 0 Å². The van der Waals surface area contributed by atoms with Crippen molar-refractivity contribution in [2.45, 2.75) is 238 Å². The number of nitrogens with zero attached hydrogens (tertiary/aromatic N) is 1. The second-order valence-corrected chi connectivity index (χ2v) is 20.0. The molecule has 0 saturated heterocycles. The summed E-state index contributed by atoms with van der Waals surface area (Å²) in [7, 11) is 1.14. The molecule has 0 amide bonds. The average Bonchev–Trinajstić information content (AvgIpc) is 3.23. The summed E-state index contributed by atoms with van der Waals surface area (Å²) in [5, 5.41) is 0. The van der Waals surface area contributed by atoms with E-state index in [0.717, 1.165) is 51.4 Å². The van der Waals surface area contributed by atoms with Crippen molar-refractivity contribution in [3.63, 3.8) is 0 Å². The van der Waals surface area contributed by atoms with Crippen LogP contribution >= 0.6 is 7.82 Å². The highest BCUT2D eigenvalue weighted by Crippen LogP contribution is 2.38. The third kappa shape index (κ3) is 47.7. The number of unbranched alkanes of at least 4 members (excludes halogenated alkanes) is 29. The van der Waals surface area contributed by atoms with E-state index in [1.807, 2.05) is 27.2 Å². The van der Waals surface area contributed by atoms with Crippen LogP contribution in [0.1, 0.15) is 232 Å². The number of rotatable bonds is 48. The van der Waals surface area contributed by atoms with Crippen LogP contribution < -0.4 is 4.89 Å². The average molecular weight is 896 g/mol. The number of hydrogen-bond acceptors (Lipinski definition) is 8. The largest absolute Gasteiger partial charge is 0.756 e. The Morgan fingerprint density at radius 3 is 1.40 bits per heavy atom. The van der Waals surface area contributed by atoms with Crippen LogP contribution in [0, 0.1) is 0 Å². The third-order valence-electron chi connectivity index (χ3n) is 11.3. The van der Waals surface area contributed by atoms with E-state index in [9.17, 15) is 19.0 Å². The Morgan fingerprint density at radius 2 is 0.935 bits per heavy atom. The van der Waals surface area contributed by atoms with Crippen LogP contribution in [0.2, 0.25) is 0 Å². The maximum Gasteiger partial charge on any atom is 0.306 e. The monoisotopic (exact) mass is 896 g/mol. The molecule has 9 nitrogen and oxygen atoms in total. The molecule has 0 aromatic heterocycles. The summed E-state index contributed by atoms with van der Waals surface area (Å²) < 4.78 is 34.0. The van der Waals surface area contributed by atoms with Gasteiger partial charge in [-0.25, -0.2) is 0 Å². The lowest BCUT2D eigenvalue weighted by Crippen LogP contribution is -2.37. The van der Waals surface area contributed by atoms with Gasteiger partial charge in [0.05, 0.1) is 27.7 Å². The van der Waals surface area contributed by atoms with E-state index in [1.165, 1.54) is 154 Å². The molecule has 0 aliphatic heterocycles. The van der Waals surface area contributed by atoms with Gasteiger partial charge in [-0.05, 0) is 57.8 Å². The van der Waals surface area contributed by atoms with Crippen LogP contribution in [-0.2, 0) is 32.7 Å². The van der Waals surface area contributed by atoms with Gasteiger partial charge in [0.2, 0.25) is 0 Å². The van der Waals surface area contributed by atoms with Crippen LogP contribution in [0.15, 0.2) is 37.0 Å². The molecular formula is C52H98NO8P. The van der Waals surface area contributed by atoms with Crippen molar-refractivity contribution in [3.05, 3.63) is 37.0 Å². The number of phosphoric ester groups is 1. The lowest BCUT2D eigenvalue weighted by atomic mass is 10.0. The van der Waals surface area contributed by atoms with Gasteiger partial charge in [-0.1, -0.05) is 191 Å². The van der Waals surface area contributed by atoms with Crippen molar-refractivity contribution in [1.82, 2.24) is 0 Å². The van der Waals surface area contributed by atoms with Gasteiger partial charge in [0.15, 0.2) is 6.10 Å². The number of hydrogen-bond donors (Lipinski definition) is 0. The number of quaternary nitrogens is 1. The van der Waals surface area contributed by atoms with Crippen molar-refractivity contribution in [1.29, 1.82) is 0 Å². The molecule has 0 spiro atoms. The van der Waals surface area contributed by atoms with E-state index >= 15 is 0 Å². The molecule has 0 bridgehead atoms. The molecule has 0 aromatic carbocycles. The molecule has 10 heteroatoms. The van der Waals surface area contributed by atoms with Crippen molar-refractivity contribution >= 4 is 19.8 Å². The molecule has 0 aromatic rings. The molecule has 0 N–H and O–H groups in total. The zero-order valence-electron chi connectivity index (χ0n) is 40.9. The highest BCUT2D eigenvalue weighted by molar-refractivity contribution is 7.45. The van der Waals surface area contributed by atoms with Gasteiger partial charge in [0.1, 0.15) is 19.8 Å². The van der Waals surface area contributed by atoms with Crippen molar-refractivity contribution in [3.8, 4) is 0 Å². The summed E-state index contributed by atoms with van der Waals surface area (Å²) in [6, 6.07) is 0. The first kappa shape index (κ1) is 60.2. The number of phosphoric acid groups is 1. The van der Waals surface area contributed by atoms with Gasteiger partial charge < -0.3 is 27.9 Å². The summed E-state index contributed by atoms with van der Waals surface area (Å²) >= 11 is 0. The number of ether oxygens (including phenoxy) is 2. The summed E-state index contributed by atoms with van der Waals surface area (Å²) in [4.78, 5) is 37.7. The quantitative estimate of drug-likeness (QED) is 0.0195. The molecule has 364 valence electrons. The molecule has 0 aliphatic carbocycles. The minimum Gasteiger partial charge on any atom is -0.756 e. The van der Waals surface area contributed by atoms with Crippen molar-refractivity contribution < 1.29 is 42.1 Å². The molecule has 62 heavy (non-hydrogen) atoms. The Balaban J connectivity index is 4.26. The molecule has 0 saturated carbocycles. The van der Waals surface area contributed by atoms with Gasteiger partial charge in [0.25, 0.3) is 7.82 Å². The van der Waals surface area contributed by atoms with E-state index in [-0.39, 0.29) is 26.1 Å².